The highest BCUT2D eigenvalue weighted by Gasteiger charge is 2.20. The largest absolute Gasteiger partial charge is 0.338 e. The highest BCUT2D eigenvalue weighted by Crippen LogP contribution is 2.39. The van der Waals surface area contributed by atoms with E-state index in [-0.39, 0.29) is 22.8 Å². The monoisotopic (exact) mass is 480 g/mol. The number of alkyl halides is 2. The number of nitrogens with one attached hydrogen (secondary N) is 2. The molecular formula is C18H12BrClF2N6O. The third-order valence-electron chi connectivity index (χ3n) is 4.27. The molecular weight excluding hydrogens is 470 g/mol. The number of hydrogen-bond donors (Lipinski definition) is 2. The molecule has 148 valence electrons. The average Bonchev–Trinajstić information content (AvgIpc) is 3.24. The van der Waals surface area contributed by atoms with Crippen molar-refractivity contribution >= 4 is 50.3 Å². The zero-order chi connectivity index (χ0) is 20.7. The molecule has 29 heavy (non-hydrogen) atoms. The molecule has 0 aliphatic heterocycles. The van der Waals surface area contributed by atoms with Crippen LogP contribution < -0.4 is 5.32 Å². The Labute approximate surface area is 176 Å². The number of carbonyl (C=O) groups excluding carboxylic acids is 1. The minimum Gasteiger partial charge on any atom is -0.338 e. The van der Waals surface area contributed by atoms with Gasteiger partial charge in [-0.15, -0.1) is 0 Å². The van der Waals surface area contributed by atoms with Gasteiger partial charge in [-0.3, -0.25) is 4.79 Å². The van der Waals surface area contributed by atoms with Crippen LogP contribution in [-0.4, -0.2) is 30.6 Å². The predicted molar refractivity (Wildman–Crippen MR) is 108 cm³/mol. The van der Waals surface area contributed by atoms with Crippen LogP contribution in [0.2, 0.25) is 5.02 Å². The second-order valence-corrected chi connectivity index (χ2v) is 7.33. The van der Waals surface area contributed by atoms with Crippen molar-refractivity contribution < 1.29 is 13.6 Å². The van der Waals surface area contributed by atoms with Crippen LogP contribution in [0.15, 0.2) is 41.1 Å². The van der Waals surface area contributed by atoms with E-state index in [0.29, 0.717) is 26.2 Å². The van der Waals surface area contributed by atoms with Crippen LogP contribution in [0.4, 0.5) is 14.6 Å². The summed E-state index contributed by atoms with van der Waals surface area (Å²) in [5.74, 6) is -0.0794. The fourth-order valence-electron chi connectivity index (χ4n) is 2.90. The SMILES string of the molecule is Cn1ncnc1C(=O)Nc1ccc2c(Br)c(-c3cc(Cl)ccc3C(F)F)[nH]c2n1. The molecule has 0 radical (unpaired) electrons. The number of aryl methyl sites for hydroxylation is 1. The smallest absolute Gasteiger partial charge is 0.294 e. The molecule has 0 aliphatic carbocycles. The molecule has 3 heterocycles. The molecule has 7 nitrogen and oxygen atoms in total. The van der Waals surface area contributed by atoms with Crippen LogP contribution in [0.25, 0.3) is 22.3 Å². The fraction of sp³-hybridized carbons (Fsp3) is 0.111. The van der Waals surface area contributed by atoms with Crippen molar-refractivity contribution in [3.8, 4) is 11.3 Å². The Morgan fingerprint density at radius 2 is 2.10 bits per heavy atom. The minimum atomic E-state index is -2.67. The van der Waals surface area contributed by atoms with Gasteiger partial charge in [-0.05, 0) is 40.2 Å². The first kappa shape index (κ1) is 19.5. The summed E-state index contributed by atoms with van der Waals surface area (Å²) in [6, 6.07) is 7.49. The van der Waals surface area contributed by atoms with Gasteiger partial charge in [-0.25, -0.2) is 23.4 Å². The van der Waals surface area contributed by atoms with E-state index >= 15 is 0 Å². The van der Waals surface area contributed by atoms with E-state index in [1.54, 1.807) is 19.2 Å². The Balaban J connectivity index is 1.74. The van der Waals surface area contributed by atoms with Gasteiger partial charge in [0.05, 0.1) is 10.2 Å². The lowest BCUT2D eigenvalue weighted by molar-refractivity contribution is 0.101. The number of pyridine rings is 1. The van der Waals surface area contributed by atoms with Gasteiger partial charge in [-0.2, -0.15) is 5.10 Å². The molecule has 0 bridgehead atoms. The van der Waals surface area contributed by atoms with E-state index in [1.165, 1.54) is 29.2 Å². The Morgan fingerprint density at radius 1 is 1.31 bits per heavy atom. The number of rotatable bonds is 4. The summed E-state index contributed by atoms with van der Waals surface area (Å²) in [6.45, 7) is 0. The summed E-state index contributed by atoms with van der Waals surface area (Å²) in [7, 11) is 1.60. The van der Waals surface area contributed by atoms with Crippen molar-refractivity contribution in [2.45, 2.75) is 6.43 Å². The van der Waals surface area contributed by atoms with Gasteiger partial charge in [0.25, 0.3) is 12.3 Å². The number of H-pyrrole nitrogens is 1. The molecule has 3 aromatic heterocycles. The summed E-state index contributed by atoms with van der Waals surface area (Å²) < 4.78 is 28.8. The van der Waals surface area contributed by atoms with Crippen LogP contribution in [0.3, 0.4) is 0 Å². The van der Waals surface area contributed by atoms with Crippen LogP contribution >= 0.6 is 27.5 Å². The van der Waals surface area contributed by atoms with E-state index < -0.39 is 12.3 Å². The molecule has 0 saturated heterocycles. The Bertz CT molecular complexity index is 1240. The first-order chi connectivity index (χ1) is 13.8. The molecule has 4 aromatic rings. The van der Waals surface area contributed by atoms with Gasteiger partial charge >= 0.3 is 0 Å². The lowest BCUT2D eigenvalue weighted by Gasteiger charge is -2.08. The molecule has 1 amide bonds. The number of hydrogen-bond acceptors (Lipinski definition) is 4. The third-order valence-corrected chi connectivity index (χ3v) is 5.33. The second-order valence-electron chi connectivity index (χ2n) is 6.10. The summed E-state index contributed by atoms with van der Waals surface area (Å²) in [6.07, 6.45) is -1.40. The third kappa shape index (κ3) is 3.60. The van der Waals surface area contributed by atoms with Gasteiger partial charge in [0.1, 0.15) is 17.8 Å². The number of benzene rings is 1. The molecule has 0 atom stereocenters. The topological polar surface area (TPSA) is 88.5 Å². The van der Waals surface area contributed by atoms with Gasteiger partial charge in [-0.1, -0.05) is 17.7 Å². The van der Waals surface area contributed by atoms with E-state index in [9.17, 15) is 13.6 Å². The summed E-state index contributed by atoms with van der Waals surface area (Å²) >= 11 is 9.46. The number of carbonyl (C=O) groups is 1. The van der Waals surface area contributed by atoms with Crippen molar-refractivity contribution in [2.24, 2.45) is 7.05 Å². The van der Waals surface area contributed by atoms with Gasteiger partial charge < -0.3 is 10.3 Å². The number of halogens is 4. The molecule has 0 aliphatic rings. The van der Waals surface area contributed by atoms with E-state index in [4.69, 9.17) is 11.6 Å². The molecule has 4 rings (SSSR count). The minimum absolute atomic E-state index is 0.126. The average molecular weight is 482 g/mol. The number of nitrogens with zero attached hydrogens (tertiary/aromatic N) is 4. The number of aromatic nitrogens is 5. The van der Waals surface area contributed by atoms with Crippen molar-refractivity contribution in [1.29, 1.82) is 0 Å². The predicted octanol–water partition coefficient (Wildman–Crippen LogP) is 4.96. The van der Waals surface area contributed by atoms with Crippen LogP contribution in [-0.2, 0) is 7.05 Å². The van der Waals surface area contributed by atoms with Gasteiger partial charge in [0.2, 0.25) is 5.82 Å². The standard InChI is InChI=1S/C18H12BrClF2N6O/c1-28-17(23-7-24-28)18(29)26-12-5-4-10-13(19)14(27-16(10)25-12)11-6-8(20)2-3-9(11)15(21)22/h2-7,15H,1H3,(H2,25,26,27,29). The molecule has 0 saturated carbocycles. The molecule has 11 heteroatoms. The first-order valence-electron chi connectivity index (χ1n) is 8.26. The number of amides is 1. The van der Waals surface area contributed by atoms with Crippen LogP contribution in [0.1, 0.15) is 22.6 Å². The maximum absolute atomic E-state index is 13.5. The fourth-order valence-corrected chi connectivity index (χ4v) is 3.71. The Kier molecular flexibility index (Phi) is 5.05. The molecule has 0 unspecified atom stereocenters. The van der Waals surface area contributed by atoms with Crippen LogP contribution in [0.5, 0.6) is 0 Å². The lowest BCUT2D eigenvalue weighted by Crippen LogP contribution is -2.18. The maximum atomic E-state index is 13.5. The zero-order valence-electron chi connectivity index (χ0n) is 14.8. The first-order valence-corrected chi connectivity index (χ1v) is 9.43. The molecule has 2 N–H and O–H groups in total. The number of aromatic amines is 1. The normalized spacial score (nSPS) is 11.4. The summed E-state index contributed by atoms with van der Waals surface area (Å²) in [5, 5.41) is 7.48. The number of fused-ring (bicyclic) bond motifs is 1. The van der Waals surface area contributed by atoms with Crippen molar-refractivity contribution in [3.05, 3.63) is 57.5 Å². The second kappa shape index (κ2) is 7.53. The Hall–Kier alpha value is -2.85. The van der Waals surface area contributed by atoms with Gasteiger partial charge in [0.15, 0.2) is 0 Å². The lowest BCUT2D eigenvalue weighted by atomic mass is 10.0. The highest BCUT2D eigenvalue weighted by molar-refractivity contribution is 9.10. The summed E-state index contributed by atoms with van der Waals surface area (Å²) in [5.41, 5.74) is 0.935. The van der Waals surface area contributed by atoms with Crippen molar-refractivity contribution in [3.63, 3.8) is 0 Å². The maximum Gasteiger partial charge on any atom is 0.294 e. The molecule has 1 aromatic carbocycles. The van der Waals surface area contributed by atoms with Gasteiger partial charge in [0, 0.05) is 28.6 Å². The Morgan fingerprint density at radius 3 is 2.79 bits per heavy atom. The quantitative estimate of drug-likeness (QED) is 0.431. The van der Waals surface area contributed by atoms with Crippen molar-refractivity contribution in [2.75, 3.05) is 5.32 Å². The van der Waals surface area contributed by atoms with Crippen LogP contribution in [0, 0.1) is 0 Å². The van der Waals surface area contributed by atoms with E-state index in [0.717, 1.165) is 0 Å². The van der Waals surface area contributed by atoms with E-state index in [1.807, 2.05) is 0 Å². The highest BCUT2D eigenvalue weighted by atomic mass is 79.9. The van der Waals surface area contributed by atoms with E-state index in [2.05, 4.69) is 41.3 Å². The molecule has 0 fully saturated rings. The molecule has 0 spiro atoms. The zero-order valence-corrected chi connectivity index (χ0v) is 17.1. The summed E-state index contributed by atoms with van der Waals surface area (Å²) in [4.78, 5) is 23.6. The van der Waals surface area contributed by atoms with Crippen molar-refractivity contribution in [1.82, 2.24) is 24.7 Å². The number of anilines is 1.